The number of hydrogen-bond donors (Lipinski definition) is 0. The summed E-state index contributed by atoms with van der Waals surface area (Å²) in [5, 5.41) is 0. The monoisotopic (exact) mass is 408 g/mol. The first-order chi connectivity index (χ1) is 10.8. The van der Waals surface area contributed by atoms with E-state index in [1.807, 2.05) is 6.07 Å². The molecule has 118 valence electrons. The van der Waals surface area contributed by atoms with E-state index in [0.29, 0.717) is 6.10 Å². The van der Waals surface area contributed by atoms with Gasteiger partial charge in [0.25, 0.3) is 0 Å². The van der Waals surface area contributed by atoms with Gasteiger partial charge in [-0.3, -0.25) is 0 Å². The van der Waals surface area contributed by atoms with Gasteiger partial charge in [-0.25, -0.2) is 0 Å². The molecule has 0 amide bonds. The Morgan fingerprint density at radius 1 is 0.864 bits per heavy atom. The highest BCUT2D eigenvalue weighted by atomic mass is 127. The van der Waals surface area contributed by atoms with Gasteiger partial charge in [0, 0.05) is 10.2 Å². The van der Waals surface area contributed by atoms with E-state index in [9.17, 15) is 0 Å². The summed E-state index contributed by atoms with van der Waals surface area (Å²) < 4.78 is 6.78. The zero-order valence-corrected chi connectivity index (χ0v) is 15.5. The Kier molecular flexibility index (Phi) is 7.95. The van der Waals surface area contributed by atoms with Crippen molar-refractivity contribution in [2.75, 3.05) is 6.61 Å². The van der Waals surface area contributed by atoms with Crippen LogP contribution >= 0.6 is 22.6 Å². The Balaban J connectivity index is 0.000000172. The van der Waals surface area contributed by atoms with Gasteiger partial charge < -0.3 is 4.74 Å². The molecule has 1 aliphatic heterocycles. The summed E-state index contributed by atoms with van der Waals surface area (Å²) in [6.07, 6.45) is 7.19. The van der Waals surface area contributed by atoms with Crippen molar-refractivity contribution in [1.82, 2.24) is 0 Å². The average Bonchev–Trinajstić information content (AvgIpc) is 2.53. The number of benzene rings is 2. The first-order valence-electron chi connectivity index (χ1n) is 8.19. The first-order valence-corrected chi connectivity index (χ1v) is 9.27. The lowest BCUT2D eigenvalue weighted by Crippen LogP contribution is -2.11. The standard InChI is InChI=1S/C12H9I.C8H16O/c13-12-9-5-4-8-11(12)10-6-2-1-3-7-10;1-8-6-4-2-3-5-7-9-8/h1-9H;8H,2-7H2,1H3. The van der Waals surface area contributed by atoms with Crippen LogP contribution in [-0.4, -0.2) is 12.7 Å². The van der Waals surface area contributed by atoms with Gasteiger partial charge in [0.15, 0.2) is 0 Å². The fourth-order valence-corrected chi connectivity index (χ4v) is 3.27. The van der Waals surface area contributed by atoms with Gasteiger partial charge in [-0.2, -0.15) is 0 Å². The predicted molar refractivity (Wildman–Crippen MR) is 103 cm³/mol. The van der Waals surface area contributed by atoms with Crippen molar-refractivity contribution in [3.8, 4) is 11.1 Å². The van der Waals surface area contributed by atoms with Crippen molar-refractivity contribution in [2.24, 2.45) is 0 Å². The third-order valence-corrected chi connectivity index (χ3v) is 4.81. The lowest BCUT2D eigenvalue weighted by atomic mass is 10.1. The summed E-state index contributed by atoms with van der Waals surface area (Å²) in [7, 11) is 0. The van der Waals surface area contributed by atoms with Crippen LogP contribution in [0.15, 0.2) is 54.6 Å². The van der Waals surface area contributed by atoms with E-state index in [2.05, 4.69) is 78.0 Å². The van der Waals surface area contributed by atoms with E-state index >= 15 is 0 Å². The Bertz CT molecular complexity index is 530. The van der Waals surface area contributed by atoms with E-state index in [0.717, 1.165) is 6.61 Å². The molecule has 0 spiro atoms. The van der Waals surface area contributed by atoms with Crippen LogP contribution in [-0.2, 0) is 4.74 Å². The van der Waals surface area contributed by atoms with E-state index in [1.165, 1.54) is 46.8 Å². The molecule has 0 aliphatic carbocycles. The van der Waals surface area contributed by atoms with Crippen molar-refractivity contribution in [3.05, 3.63) is 58.2 Å². The maximum atomic E-state index is 5.48. The largest absolute Gasteiger partial charge is 0.379 e. The molecule has 0 saturated carbocycles. The Labute approximate surface area is 148 Å². The van der Waals surface area contributed by atoms with Gasteiger partial charge in [-0.15, -0.1) is 0 Å². The molecule has 1 heterocycles. The van der Waals surface area contributed by atoms with Crippen molar-refractivity contribution >= 4 is 22.6 Å². The van der Waals surface area contributed by atoms with E-state index in [-0.39, 0.29) is 0 Å². The van der Waals surface area contributed by atoms with Gasteiger partial charge >= 0.3 is 0 Å². The van der Waals surface area contributed by atoms with Gasteiger partial charge in [-0.05, 0) is 59.5 Å². The van der Waals surface area contributed by atoms with Crippen LogP contribution in [0.5, 0.6) is 0 Å². The summed E-state index contributed by atoms with van der Waals surface area (Å²) in [6.45, 7) is 3.16. The van der Waals surface area contributed by atoms with Crippen LogP contribution in [0.2, 0.25) is 0 Å². The quantitative estimate of drug-likeness (QED) is 0.502. The molecule has 2 aromatic rings. The van der Waals surface area contributed by atoms with Crippen LogP contribution in [0.3, 0.4) is 0 Å². The summed E-state index contributed by atoms with van der Waals surface area (Å²) in [6, 6.07) is 18.9. The summed E-state index contributed by atoms with van der Waals surface area (Å²) >= 11 is 2.36. The molecule has 0 bridgehead atoms. The van der Waals surface area contributed by atoms with Crippen molar-refractivity contribution in [1.29, 1.82) is 0 Å². The van der Waals surface area contributed by atoms with E-state index < -0.39 is 0 Å². The van der Waals surface area contributed by atoms with Crippen LogP contribution < -0.4 is 0 Å². The van der Waals surface area contributed by atoms with Gasteiger partial charge in [0.2, 0.25) is 0 Å². The number of halogens is 1. The van der Waals surface area contributed by atoms with Crippen LogP contribution in [0, 0.1) is 3.57 Å². The number of ether oxygens (including phenoxy) is 1. The highest BCUT2D eigenvalue weighted by molar-refractivity contribution is 14.1. The second kappa shape index (κ2) is 10.0. The molecule has 1 saturated heterocycles. The normalized spacial score (nSPS) is 18.5. The smallest absolute Gasteiger partial charge is 0.0547 e. The summed E-state index contributed by atoms with van der Waals surface area (Å²) in [4.78, 5) is 0. The molecule has 1 unspecified atom stereocenters. The molecule has 1 aliphatic rings. The molecule has 0 N–H and O–H groups in total. The van der Waals surface area contributed by atoms with Gasteiger partial charge in [0.05, 0.1) is 6.10 Å². The molecule has 3 rings (SSSR count). The molecule has 22 heavy (non-hydrogen) atoms. The fourth-order valence-electron chi connectivity index (χ4n) is 2.57. The lowest BCUT2D eigenvalue weighted by Gasteiger charge is -2.15. The molecular formula is C20H25IO. The molecule has 1 fully saturated rings. The van der Waals surface area contributed by atoms with Crippen LogP contribution in [0.4, 0.5) is 0 Å². The number of hydrogen-bond acceptors (Lipinski definition) is 1. The molecule has 2 heteroatoms. The highest BCUT2D eigenvalue weighted by Gasteiger charge is 2.04. The Morgan fingerprint density at radius 2 is 1.55 bits per heavy atom. The predicted octanol–water partition coefficient (Wildman–Crippen LogP) is 6.31. The second-order valence-electron chi connectivity index (χ2n) is 5.73. The summed E-state index contributed by atoms with van der Waals surface area (Å²) in [5.74, 6) is 0. The zero-order valence-electron chi connectivity index (χ0n) is 13.3. The molecular weight excluding hydrogens is 383 g/mol. The first kappa shape index (κ1) is 17.5. The minimum Gasteiger partial charge on any atom is -0.379 e. The third kappa shape index (κ3) is 6.09. The van der Waals surface area contributed by atoms with Gasteiger partial charge in [0.1, 0.15) is 0 Å². The van der Waals surface area contributed by atoms with Crippen molar-refractivity contribution in [2.45, 2.75) is 45.1 Å². The van der Waals surface area contributed by atoms with Crippen LogP contribution in [0.1, 0.15) is 39.0 Å². The zero-order chi connectivity index (χ0) is 15.6. The maximum absolute atomic E-state index is 5.48. The van der Waals surface area contributed by atoms with Crippen LogP contribution in [0.25, 0.3) is 11.1 Å². The second-order valence-corrected chi connectivity index (χ2v) is 6.89. The Hall–Kier alpha value is -0.870. The topological polar surface area (TPSA) is 9.23 Å². The van der Waals surface area contributed by atoms with E-state index in [4.69, 9.17) is 4.74 Å². The minimum atomic E-state index is 0.519. The molecule has 1 nitrogen and oxygen atoms in total. The van der Waals surface area contributed by atoms with Crippen molar-refractivity contribution in [3.63, 3.8) is 0 Å². The molecule has 0 aromatic heterocycles. The SMILES string of the molecule is CC1CCCCCCO1.Ic1ccccc1-c1ccccc1. The summed E-state index contributed by atoms with van der Waals surface area (Å²) in [5.41, 5.74) is 2.59. The number of rotatable bonds is 1. The van der Waals surface area contributed by atoms with Crippen molar-refractivity contribution < 1.29 is 4.74 Å². The maximum Gasteiger partial charge on any atom is 0.0547 e. The minimum absolute atomic E-state index is 0.519. The average molecular weight is 408 g/mol. The molecule has 2 aromatic carbocycles. The lowest BCUT2D eigenvalue weighted by molar-refractivity contribution is 0.0480. The third-order valence-electron chi connectivity index (χ3n) is 3.87. The molecule has 1 atom stereocenters. The Morgan fingerprint density at radius 3 is 2.32 bits per heavy atom. The molecule has 0 radical (unpaired) electrons. The highest BCUT2D eigenvalue weighted by Crippen LogP contribution is 2.24. The van der Waals surface area contributed by atoms with E-state index in [1.54, 1.807) is 0 Å². The fraction of sp³-hybridized carbons (Fsp3) is 0.400. The van der Waals surface area contributed by atoms with Gasteiger partial charge in [-0.1, -0.05) is 67.8 Å².